The number of amides is 1. The topological polar surface area (TPSA) is 66.4 Å². The summed E-state index contributed by atoms with van der Waals surface area (Å²) in [6, 6.07) is 6.84. The van der Waals surface area contributed by atoms with Crippen molar-refractivity contribution in [2.45, 2.75) is 19.4 Å². The van der Waals surface area contributed by atoms with Crippen molar-refractivity contribution in [2.24, 2.45) is 0 Å². The quantitative estimate of drug-likeness (QED) is 0.892. The number of carboxylic acid groups (broad SMARTS) is 1. The van der Waals surface area contributed by atoms with Crippen LogP contribution in [-0.2, 0) is 4.79 Å². The third kappa shape index (κ3) is 3.88. The summed E-state index contributed by atoms with van der Waals surface area (Å²) in [5.74, 6) is -1.82. The molecule has 110 valence electrons. The number of thiophene rings is 1. The van der Waals surface area contributed by atoms with E-state index in [9.17, 15) is 14.0 Å². The number of halogens is 1. The van der Waals surface area contributed by atoms with Gasteiger partial charge in [-0.2, -0.15) is 0 Å². The van der Waals surface area contributed by atoms with E-state index < -0.39 is 23.7 Å². The molecule has 0 spiro atoms. The van der Waals surface area contributed by atoms with Crippen molar-refractivity contribution in [3.05, 3.63) is 57.5 Å². The Morgan fingerprint density at radius 3 is 2.71 bits per heavy atom. The molecule has 0 saturated heterocycles. The Hall–Kier alpha value is -2.21. The Kier molecular flexibility index (Phi) is 4.70. The number of hydrogen-bond acceptors (Lipinski definition) is 3. The minimum absolute atomic E-state index is 0.202. The first kappa shape index (κ1) is 15.2. The molecule has 0 fully saturated rings. The molecule has 21 heavy (non-hydrogen) atoms. The second-order valence-corrected chi connectivity index (χ2v) is 5.58. The first-order valence-electron chi connectivity index (χ1n) is 6.29. The van der Waals surface area contributed by atoms with Crippen molar-refractivity contribution in [1.82, 2.24) is 5.32 Å². The summed E-state index contributed by atoms with van der Waals surface area (Å²) in [6.07, 6.45) is -0.202. The zero-order valence-corrected chi connectivity index (χ0v) is 12.1. The van der Waals surface area contributed by atoms with Crippen LogP contribution in [0.15, 0.2) is 35.7 Å². The Morgan fingerprint density at radius 1 is 1.38 bits per heavy atom. The number of nitrogens with one attached hydrogen (secondary N) is 1. The van der Waals surface area contributed by atoms with Gasteiger partial charge in [-0.1, -0.05) is 6.07 Å². The molecule has 0 saturated carbocycles. The smallest absolute Gasteiger partial charge is 0.305 e. The minimum Gasteiger partial charge on any atom is -0.481 e. The Labute approximate surface area is 125 Å². The fraction of sp³-hybridized carbons (Fsp3) is 0.200. The molecule has 1 aromatic carbocycles. The third-order valence-electron chi connectivity index (χ3n) is 3.00. The summed E-state index contributed by atoms with van der Waals surface area (Å²) < 4.78 is 13.1. The van der Waals surface area contributed by atoms with Crippen molar-refractivity contribution in [3.63, 3.8) is 0 Å². The highest BCUT2D eigenvalue weighted by Crippen LogP contribution is 2.23. The van der Waals surface area contributed by atoms with Crippen LogP contribution in [-0.4, -0.2) is 17.0 Å². The van der Waals surface area contributed by atoms with Gasteiger partial charge < -0.3 is 10.4 Å². The van der Waals surface area contributed by atoms with Crippen LogP contribution >= 0.6 is 11.3 Å². The Bertz CT molecular complexity index is 655. The minimum atomic E-state index is -0.996. The van der Waals surface area contributed by atoms with Gasteiger partial charge in [0, 0.05) is 10.4 Å². The molecule has 1 amide bonds. The number of carbonyl (C=O) groups excluding carboxylic acids is 1. The number of aryl methyl sites for hydroxylation is 1. The maximum atomic E-state index is 13.1. The highest BCUT2D eigenvalue weighted by Gasteiger charge is 2.20. The molecular formula is C15H14FNO3S. The molecule has 0 aliphatic rings. The molecule has 2 aromatic rings. The summed E-state index contributed by atoms with van der Waals surface area (Å²) in [7, 11) is 0. The largest absolute Gasteiger partial charge is 0.481 e. The zero-order valence-electron chi connectivity index (χ0n) is 11.3. The number of rotatable bonds is 5. The van der Waals surface area contributed by atoms with Gasteiger partial charge in [-0.15, -0.1) is 11.3 Å². The van der Waals surface area contributed by atoms with Crippen LogP contribution in [0, 0.1) is 12.7 Å². The SMILES string of the molecule is Cc1cc(F)ccc1C(=O)NC(CC(=O)O)c1cccs1. The molecule has 2 rings (SSSR count). The average Bonchev–Trinajstić information content (AvgIpc) is 2.90. The number of benzene rings is 1. The van der Waals surface area contributed by atoms with Crippen molar-refractivity contribution < 1.29 is 19.1 Å². The molecule has 6 heteroatoms. The van der Waals surface area contributed by atoms with Crippen molar-refractivity contribution in [1.29, 1.82) is 0 Å². The summed E-state index contributed by atoms with van der Waals surface area (Å²) in [6.45, 7) is 1.63. The molecule has 0 radical (unpaired) electrons. The summed E-state index contributed by atoms with van der Waals surface area (Å²) in [4.78, 5) is 23.9. The molecule has 1 unspecified atom stereocenters. The lowest BCUT2D eigenvalue weighted by molar-refractivity contribution is -0.137. The second-order valence-electron chi connectivity index (χ2n) is 4.60. The van der Waals surface area contributed by atoms with Gasteiger partial charge in [-0.05, 0) is 42.1 Å². The lowest BCUT2D eigenvalue weighted by Crippen LogP contribution is -2.30. The van der Waals surface area contributed by atoms with Crippen LogP contribution in [0.25, 0.3) is 0 Å². The van der Waals surface area contributed by atoms with Crippen LogP contribution in [0.3, 0.4) is 0 Å². The molecule has 4 nitrogen and oxygen atoms in total. The summed E-state index contributed by atoms with van der Waals surface area (Å²) in [5, 5.41) is 13.5. The molecule has 0 aliphatic carbocycles. The van der Waals surface area contributed by atoms with Crippen LogP contribution in [0.4, 0.5) is 4.39 Å². The fourth-order valence-corrected chi connectivity index (χ4v) is 2.78. The molecule has 1 aromatic heterocycles. The van der Waals surface area contributed by atoms with E-state index in [1.807, 2.05) is 5.38 Å². The first-order chi connectivity index (χ1) is 9.97. The van der Waals surface area contributed by atoms with E-state index >= 15 is 0 Å². The van der Waals surface area contributed by atoms with E-state index in [1.165, 1.54) is 29.5 Å². The fourth-order valence-electron chi connectivity index (χ4n) is 2.00. The predicted molar refractivity (Wildman–Crippen MR) is 77.9 cm³/mol. The number of carbonyl (C=O) groups is 2. The number of aliphatic carboxylic acids is 1. The van der Waals surface area contributed by atoms with Gasteiger partial charge in [0.05, 0.1) is 12.5 Å². The van der Waals surface area contributed by atoms with Crippen LogP contribution in [0.5, 0.6) is 0 Å². The predicted octanol–water partition coefficient (Wildman–Crippen LogP) is 3.14. The zero-order chi connectivity index (χ0) is 15.4. The lowest BCUT2D eigenvalue weighted by Gasteiger charge is -2.16. The van der Waals surface area contributed by atoms with Crippen molar-refractivity contribution >= 4 is 23.2 Å². The van der Waals surface area contributed by atoms with Crippen molar-refractivity contribution in [3.8, 4) is 0 Å². The van der Waals surface area contributed by atoms with Gasteiger partial charge in [0.25, 0.3) is 5.91 Å². The van der Waals surface area contributed by atoms with E-state index in [4.69, 9.17) is 5.11 Å². The van der Waals surface area contributed by atoms with E-state index in [1.54, 1.807) is 19.1 Å². The molecule has 2 N–H and O–H groups in total. The number of carboxylic acids is 1. The summed E-state index contributed by atoms with van der Waals surface area (Å²) in [5.41, 5.74) is 0.844. The number of hydrogen-bond donors (Lipinski definition) is 2. The van der Waals surface area contributed by atoms with Crippen LogP contribution < -0.4 is 5.32 Å². The van der Waals surface area contributed by atoms with Gasteiger partial charge in [-0.3, -0.25) is 9.59 Å². The standard InChI is InChI=1S/C15H14FNO3S/c1-9-7-10(16)4-5-11(9)15(20)17-12(8-14(18)19)13-3-2-6-21-13/h2-7,12H,8H2,1H3,(H,17,20)(H,18,19). The molecule has 1 heterocycles. The highest BCUT2D eigenvalue weighted by atomic mass is 32.1. The van der Waals surface area contributed by atoms with Crippen molar-refractivity contribution in [2.75, 3.05) is 0 Å². The first-order valence-corrected chi connectivity index (χ1v) is 7.17. The van der Waals surface area contributed by atoms with Gasteiger partial charge in [0.1, 0.15) is 5.82 Å². The van der Waals surface area contributed by atoms with Crippen LogP contribution in [0.2, 0.25) is 0 Å². The molecule has 0 aliphatic heterocycles. The van der Waals surface area contributed by atoms with E-state index in [-0.39, 0.29) is 6.42 Å². The maximum absolute atomic E-state index is 13.1. The monoisotopic (exact) mass is 307 g/mol. The van der Waals surface area contributed by atoms with E-state index in [2.05, 4.69) is 5.32 Å². The van der Waals surface area contributed by atoms with Gasteiger partial charge in [0.15, 0.2) is 0 Å². The van der Waals surface area contributed by atoms with Crippen LogP contribution in [0.1, 0.15) is 33.3 Å². The lowest BCUT2D eigenvalue weighted by atomic mass is 10.1. The second kappa shape index (κ2) is 6.49. The normalized spacial score (nSPS) is 11.9. The Balaban J connectivity index is 2.20. The van der Waals surface area contributed by atoms with Gasteiger partial charge in [-0.25, -0.2) is 4.39 Å². The third-order valence-corrected chi connectivity index (χ3v) is 3.99. The summed E-state index contributed by atoms with van der Waals surface area (Å²) >= 11 is 1.38. The van der Waals surface area contributed by atoms with E-state index in [0.29, 0.717) is 11.1 Å². The van der Waals surface area contributed by atoms with Gasteiger partial charge in [0.2, 0.25) is 0 Å². The molecule has 0 bridgehead atoms. The molecular weight excluding hydrogens is 293 g/mol. The molecule has 1 atom stereocenters. The van der Waals surface area contributed by atoms with Gasteiger partial charge >= 0.3 is 5.97 Å². The van der Waals surface area contributed by atoms with E-state index in [0.717, 1.165) is 4.88 Å². The average molecular weight is 307 g/mol. The Morgan fingerprint density at radius 2 is 2.14 bits per heavy atom. The highest BCUT2D eigenvalue weighted by molar-refractivity contribution is 7.10. The maximum Gasteiger partial charge on any atom is 0.305 e.